The van der Waals surface area contributed by atoms with Gasteiger partial charge in [0, 0.05) is 20.6 Å². The van der Waals surface area contributed by atoms with Gasteiger partial charge in [-0.05, 0) is 82.2 Å². The molecule has 202 valence electrons. The lowest BCUT2D eigenvalue weighted by atomic mass is 10.1. The maximum Gasteiger partial charge on any atom is 0.272 e. The summed E-state index contributed by atoms with van der Waals surface area (Å²) in [6, 6.07) is 30.3. The van der Waals surface area contributed by atoms with Crippen molar-refractivity contribution in [2.45, 2.75) is 4.90 Å². The molecule has 3 amide bonds. The third-order valence-electron chi connectivity index (χ3n) is 5.57. The number of ether oxygens (including phenoxy) is 1. The van der Waals surface area contributed by atoms with E-state index >= 15 is 0 Å². The third-order valence-corrected chi connectivity index (χ3v) is 7.25. The highest BCUT2D eigenvalue weighted by atomic mass is 79.9. The topological polar surface area (TPSA) is 96.5 Å². The highest BCUT2D eigenvalue weighted by Crippen LogP contribution is 2.24. The van der Waals surface area contributed by atoms with E-state index < -0.39 is 11.8 Å². The zero-order valence-electron chi connectivity index (χ0n) is 21.5. The van der Waals surface area contributed by atoms with Crippen molar-refractivity contribution in [2.75, 3.05) is 23.5 Å². The first kappa shape index (κ1) is 28.7. The summed E-state index contributed by atoms with van der Waals surface area (Å²) < 4.78 is 6.01. The number of hydrogen-bond donors (Lipinski definition) is 3. The van der Waals surface area contributed by atoms with Gasteiger partial charge in [0.2, 0.25) is 5.91 Å². The first-order valence-electron chi connectivity index (χ1n) is 12.2. The fraction of sp³-hybridized carbons (Fsp3) is 0.0645. The Morgan fingerprint density at radius 1 is 0.850 bits per heavy atom. The van der Waals surface area contributed by atoms with Crippen LogP contribution in [-0.4, -0.2) is 30.6 Å². The van der Waals surface area contributed by atoms with Crippen molar-refractivity contribution in [2.24, 2.45) is 0 Å². The Morgan fingerprint density at radius 2 is 1.57 bits per heavy atom. The molecule has 4 aromatic rings. The van der Waals surface area contributed by atoms with Crippen molar-refractivity contribution in [1.29, 1.82) is 0 Å². The SMILES string of the molecule is COc1ccc(/C=C(/NC(=O)c2ccccc2)C(=O)Nc2cccc(SCC(=O)Nc3ccccc3Br)c2)cc1. The van der Waals surface area contributed by atoms with E-state index in [0.29, 0.717) is 28.3 Å². The number of carbonyl (C=O) groups excluding carboxylic acids is 3. The molecule has 0 aliphatic carbocycles. The number of thioether (sulfide) groups is 1. The molecule has 0 spiro atoms. The van der Waals surface area contributed by atoms with Crippen molar-refractivity contribution >= 4 is 62.9 Å². The first-order valence-corrected chi connectivity index (χ1v) is 14.0. The van der Waals surface area contributed by atoms with Crippen molar-refractivity contribution in [3.8, 4) is 5.75 Å². The van der Waals surface area contributed by atoms with Gasteiger partial charge in [0.05, 0.1) is 18.6 Å². The first-order chi connectivity index (χ1) is 19.4. The Morgan fingerprint density at radius 3 is 2.30 bits per heavy atom. The van der Waals surface area contributed by atoms with Crippen LogP contribution in [0.5, 0.6) is 5.75 Å². The van der Waals surface area contributed by atoms with Crippen molar-refractivity contribution in [3.05, 3.63) is 124 Å². The highest BCUT2D eigenvalue weighted by Gasteiger charge is 2.16. The molecule has 3 N–H and O–H groups in total. The maximum absolute atomic E-state index is 13.3. The number of halogens is 1. The molecule has 4 rings (SSSR count). The standard InChI is InChI=1S/C31H26BrN3O4S/c1-39-24-16-14-21(15-17-24)18-28(35-30(37)22-8-3-2-4-9-22)31(38)33-23-10-7-11-25(19-23)40-20-29(36)34-27-13-6-5-12-26(27)32/h2-19H,20H2,1H3,(H,33,38)(H,34,36)(H,35,37)/b28-18+. The van der Waals surface area contributed by atoms with Gasteiger partial charge in [-0.15, -0.1) is 11.8 Å². The van der Waals surface area contributed by atoms with Crippen molar-refractivity contribution in [3.63, 3.8) is 0 Å². The molecule has 0 aliphatic rings. The summed E-state index contributed by atoms with van der Waals surface area (Å²) in [6.45, 7) is 0. The summed E-state index contributed by atoms with van der Waals surface area (Å²) in [5, 5.41) is 8.45. The normalized spacial score (nSPS) is 10.9. The van der Waals surface area contributed by atoms with Gasteiger partial charge in [-0.25, -0.2) is 0 Å². The summed E-state index contributed by atoms with van der Waals surface area (Å²) in [5.74, 6) is -0.186. The van der Waals surface area contributed by atoms with Gasteiger partial charge in [-0.2, -0.15) is 0 Å². The van der Waals surface area contributed by atoms with E-state index in [1.807, 2.05) is 36.4 Å². The predicted molar refractivity (Wildman–Crippen MR) is 163 cm³/mol. The highest BCUT2D eigenvalue weighted by molar-refractivity contribution is 9.10. The molecule has 40 heavy (non-hydrogen) atoms. The Kier molecular flexibility index (Phi) is 10.1. The van der Waals surface area contributed by atoms with Crippen LogP contribution in [0.2, 0.25) is 0 Å². The minimum absolute atomic E-state index is 0.0740. The van der Waals surface area contributed by atoms with E-state index in [1.165, 1.54) is 11.8 Å². The molecule has 0 fully saturated rings. The van der Waals surface area contributed by atoms with E-state index in [1.54, 1.807) is 79.9 Å². The molecule has 4 aromatic carbocycles. The molecule has 0 aromatic heterocycles. The van der Waals surface area contributed by atoms with Gasteiger partial charge in [0.15, 0.2) is 0 Å². The van der Waals surface area contributed by atoms with Crippen LogP contribution >= 0.6 is 27.7 Å². The molecule has 0 aliphatic heterocycles. The quantitative estimate of drug-likeness (QED) is 0.138. The van der Waals surface area contributed by atoms with Crippen molar-refractivity contribution < 1.29 is 19.1 Å². The van der Waals surface area contributed by atoms with E-state index in [4.69, 9.17) is 4.74 Å². The van der Waals surface area contributed by atoms with Gasteiger partial charge in [-0.1, -0.05) is 48.5 Å². The lowest BCUT2D eigenvalue weighted by molar-refractivity contribution is -0.114. The van der Waals surface area contributed by atoms with Crippen molar-refractivity contribution in [1.82, 2.24) is 5.32 Å². The third kappa shape index (κ3) is 8.33. The zero-order chi connectivity index (χ0) is 28.3. The molecule has 0 saturated carbocycles. The van der Waals surface area contributed by atoms with E-state index in [-0.39, 0.29) is 17.4 Å². The minimum Gasteiger partial charge on any atom is -0.497 e. The molecule has 0 bridgehead atoms. The molecular weight excluding hydrogens is 590 g/mol. The van der Waals surface area contributed by atoms with Crippen LogP contribution in [0.15, 0.2) is 118 Å². The van der Waals surface area contributed by atoms with Crippen LogP contribution in [0.25, 0.3) is 6.08 Å². The Bertz CT molecular complexity index is 1530. The fourth-order valence-electron chi connectivity index (χ4n) is 3.57. The number of methoxy groups -OCH3 is 1. The molecule has 7 nitrogen and oxygen atoms in total. The molecular formula is C31H26BrN3O4S. The second kappa shape index (κ2) is 14.2. The molecule has 0 saturated heterocycles. The maximum atomic E-state index is 13.3. The monoisotopic (exact) mass is 615 g/mol. The Labute approximate surface area is 245 Å². The molecule has 0 heterocycles. The number of anilines is 2. The van der Waals surface area contributed by atoms with Crippen LogP contribution in [0.3, 0.4) is 0 Å². The predicted octanol–water partition coefficient (Wildman–Crippen LogP) is 6.60. The number of nitrogens with one attached hydrogen (secondary N) is 3. The van der Waals surface area contributed by atoms with Crippen LogP contribution in [0.4, 0.5) is 11.4 Å². The van der Waals surface area contributed by atoms with E-state index in [0.717, 1.165) is 9.37 Å². The van der Waals surface area contributed by atoms with Gasteiger partial charge < -0.3 is 20.7 Å². The van der Waals surface area contributed by atoms with Crippen LogP contribution in [0, 0.1) is 0 Å². The largest absolute Gasteiger partial charge is 0.497 e. The second-order valence-corrected chi connectivity index (χ2v) is 10.4. The summed E-state index contributed by atoms with van der Waals surface area (Å²) in [4.78, 5) is 39.4. The molecule has 9 heteroatoms. The van der Waals surface area contributed by atoms with Crippen LogP contribution in [0.1, 0.15) is 15.9 Å². The van der Waals surface area contributed by atoms with Gasteiger partial charge >= 0.3 is 0 Å². The number of carbonyl (C=O) groups is 3. The number of rotatable bonds is 10. The number of hydrogen-bond acceptors (Lipinski definition) is 5. The average Bonchev–Trinajstić information content (AvgIpc) is 2.98. The minimum atomic E-state index is -0.492. The average molecular weight is 617 g/mol. The van der Waals surface area contributed by atoms with E-state index in [2.05, 4.69) is 31.9 Å². The molecule has 0 atom stereocenters. The Hall–Kier alpha value is -4.34. The van der Waals surface area contributed by atoms with Gasteiger partial charge in [-0.3, -0.25) is 14.4 Å². The number of para-hydroxylation sites is 1. The number of amides is 3. The summed E-state index contributed by atoms with van der Waals surface area (Å²) in [7, 11) is 1.57. The molecule has 0 radical (unpaired) electrons. The lowest BCUT2D eigenvalue weighted by Crippen LogP contribution is -2.30. The summed E-state index contributed by atoms with van der Waals surface area (Å²) in [6.07, 6.45) is 1.60. The van der Waals surface area contributed by atoms with Gasteiger partial charge in [0.1, 0.15) is 11.4 Å². The fourth-order valence-corrected chi connectivity index (χ4v) is 4.71. The summed E-state index contributed by atoms with van der Waals surface area (Å²) in [5.41, 5.74) is 2.43. The second-order valence-electron chi connectivity index (χ2n) is 8.45. The van der Waals surface area contributed by atoms with Gasteiger partial charge in [0.25, 0.3) is 11.8 Å². The number of benzene rings is 4. The summed E-state index contributed by atoms with van der Waals surface area (Å²) >= 11 is 4.76. The van der Waals surface area contributed by atoms with E-state index in [9.17, 15) is 14.4 Å². The van der Waals surface area contributed by atoms with Crippen LogP contribution < -0.4 is 20.7 Å². The lowest BCUT2D eigenvalue weighted by Gasteiger charge is -2.12. The van der Waals surface area contributed by atoms with Crippen LogP contribution in [-0.2, 0) is 9.59 Å². The smallest absolute Gasteiger partial charge is 0.272 e. The Balaban J connectivity index is 1.46. The zero-order valence-corrected chi connectivity index (χ0v) is 23.9. The molecule has 0 unspecified atom stereocenters.